The fraction of sp³-hybridized carbons (Fsp3) is 0.364. The van der Waals surface area contributed by atoms with E-state index < -0.39 is 16.8 Å². The summed E-state index contributed by atoms with van der Waals surface area (Å²) in [5, 5.41) is 1.85. The number of halogens is 1. The lowest BCUT2D eigenvalue weighted by Crippen LogP contribution is -2.43. The van der Waals surface area contributed by atoms with Gasteiger partial charge in [-0.1, -0.05) is 43.3 Å². The molecular formula is C22H27ClN4O2S. The van der Waals surface area contributed by atoms with E-state index in [1.165, 1.54) is 11.8 Å². The van der Waals surface area contributed by atoms with Gasteiger partial charge in [0.05, 0.1) is 5.02 Å². The molecule has 3 rings (SSSR count). The lowest BCUT2D eigenvalue weighted by molar-refractivity contribution is -0.117. The number of rotatable bonds is 8. The fourth-order valence-corrected chi connectivity index (χ4v) is 4.52. The molecule has 8 heteroatoms. The van der Waals surface area contributed by atoms with Crippen LogP contribution in [0.2, 0.25) is 5.02 Å². The summed E-state index contributed by atoms with van der Waals surface area (Å²) < 4.78 is 5.90. The van der Waals surface area contributed by atoms with E-state index >= 15 is 0 Å². The molecule has 6 nitrogen and oxygen atoms in total. The minimum Gasteiger partial charge on any atom is -0.490 e. The van der Waals surface area contributed by atoms with Gasteiger partial charge in [0.1, 0.15) is 18.2 Å². The van der Waals surface area contributed by atoms with Crippen LogP contribution in [0.1, 0.15) is 27.2 Å². The monoisotopic (exact) mass is 446 g/mol. The molecule has 0 saturated carbocycles. The van der Waals surface area contributed by atoms with Crippen molar-refractivity contribution in [3.63, 3.8) is 0 Å². The Morgan fingerprint density at radius 1 is 1.33 bits per heavy atom. The third kappa shape index (κ3) is 5.47. The Labute approximate surface area is 186 Å². The van der Waals surface area contributed by atoms with Gasteiger partial charge < -0.3 is 21.1 Å². The lowest BCUT2D eigenvalue weighted by atomic mass is 9.93. The smallest absolute Gasteiger partial charge is 0.251 e. The van der Waals surface area contributed by atoms with Crippen LogP contribution in [-0.2, 0) is 4.79 Å². The van der Waals surface area contributed by atoms with Gasteiger partial charge in [-0.3, -0.25) is 4.79 Å². The largest absolute Gasteiger partial charge is 0.490 e. The summed E-state index contributed by atoms with van der Waals surface area (Å²) in [6.07, 6.45) is 4.36. The maximum atomic E-state index is 11.7. The number of thioether (sulfide) groups is 1. The van der Waals surface area contributed by atoms with Gasteiger partial charge in [0, 0.05) is 17.9 Å². The number of carbonyl (C=O) groups excluding carboxylic acids is 1. The molecule has 1 aliphatic rings. The predicted octanol–water partition coefficient (Wildman–Crippen LogP) is 4.38. The van der Waals surface area contributed by atoms with Crippen molar-refractivity contribution >= 4 is 35.1 Å². The Morgan fingerprint density at radius 2 is 2.07 bits per heavy atom. The van der Waals surface area contributed by atoms with Crippen molar-refractivity contribution < 1.29 is 9.53 Å². The normalized spacial score (nSPS) is 17.9. The molecule has 0 spiro atoms. The molecule has 1 aliphatic heterocycles. The van der Waals surface area contributed by atoms with Crippen molar-refractivity contribution in [2.24, 2.45) is 17.4 Å². The first kappa shape index (κ1) is 22.5. The Bertz CT molecular complexity index is 948. The van der Waals surface area contributed by atoms with E-state index in [0.29, 0.717) is 29.1 Å². The van der Waals surface area contributed by atoms with Crippen LogP contribution in [-0.4, -0.2) is 28.4 Å². The zero-order valence-corrected chi connectivity index (χ0v) is 18.9. The standard InChI is InChI=1S/C22H27ClN4O2S/c1-14(2)12-22(3,25)13-29-18-5-4-15(10-17(18)23)16-6-7-26-19(11-16)27-8-9-30-21(27)20(24)28/h4-11,14,21H,12-13,25H2,1-3H3,(H2,24,28)/t21-,22?/m0/s1. The van der Waals surface area contributed by atoms with Gasteiger partial charge in [-0.2, -0.15) is 0 Å². The van der Waals surface area contributed by atoms with Crippen LogP contribution in [0.25, 0.3) is 11.1 Å². The number of pyridine rings is 1. The summed E-state index contributed by atoms with van der Waals surface area (Å²) in [6.45, 7) is 6.64. The Hall–Kier alpha value is -2.22. The molecule has 0 aliphatic carbocycles. The van der Waals surface area contributed by atoms with Crippen LogP contribution >= 0.6 is 23.4 Å². The first-order valence-electron chi connectivity index (χ1n) is 9.74. The average molecular weight is 447 g/mol. The number of aromatic nitrogens is 1. The first-order valence-corrected chi connectivity index (χ1v) is 11.1. The minimum absolute atomic E-state index is 0.386. The lowest BCUT2D eigenvalue weighted by Gasteiger charge is -2.27. The Kier molecular flexibility index (Phi) is 6.95. The molecule has 1 unspecified atom stereocenters. The van der Waals surface area contributed by atoms with Gasteiger partial charge in [-0.15, -0.1) is 0 Å². The molecule has 1 aromatic carbocycles. The number of hydrogen-bond donors (Lipinski definition) is 2. The number of hydrogen-bond acceptors (Lipinski definition) is 6. The number of nitrogens with two attached hydrogens (primary N) is 2. The molecule has 1 aromatic heterocycles. The highest BCUT2D eigenvalue weighted by Crippen LogP contribution is 2.34. The third-order valence-electron chi connectivity index (χ3n) is 4.63. The van der Waals surface area contributed by atoms with Gasteiger partial charge in [0.15, 0.2) is 5.37 Å². The zero-order valence-electron chi connectivity index (χ0n) is 17.3. The van der Waals surface area contributed by atoms with Gasteiger partial charge in [-0.05, 0) is 60.1 Å². The van der Waals surface area contributed by atoms with Crippen molar-refractivity contribution in [1.29, 1.82) is 0 Å². The van der Waals surface area contributed by atoms with Crippen LogP contribution in [0.3, 0.4) is 0 Å². The van der Waals surface area contributed by atoms with Crippen molar-refractivity contribution in [1.82, 2.24) is 4.98 Å². The third-order valence-corrected chi connectivity index (χ3v) is 5.92. The van der Waals surface area contributed by atoms with Gasteiger partial charge >= 0.3 is 0 Å². The van der Waals surface area contributed by atoms with E-state index in [-0.39, 0.29) is 0 Å². The first-order chi connectivity index (χ1) is 14.2. The van der Waals surface area contributed by atoms with E-state index in [2.05, 4.69) is 18.8 Å². The van der Waals surface area contributed by atoms with E-state index in [9.17, 15) is 4.79 Å². The number of anilines is 1. The highest BCUT2D eigenvalue weighted by atomic mass is 35.5. The molecule has 2 atom stereocenters. The quantitative estimate of drug-likeness (QED) is 0.624. The van der Waals surface area contributed by atoms with Crippen LogP contribution in [0.4, 0.5) is 5.82 Å². The molecule has 4 N–H and O–H groups in total. The second-order valence-electron chi connectivity index (χ2n) is 8.17. The molecule has 0 fully saturated rings. The average Bonchev–Trinajstić information content (AvgIpc) is 3.16. The minimum atomic E-state index is -0.497. The summed E-state index contributed by atoms with van der Waals surface area (Å²) in [5.41, 5.74) is 13.2. The second kappa shape index (κ2) is 9.29. The molecule has 1 amide bonds. The molecule has 0 radical (unpaired) electrons. The number of benzene rings is 1. The van der Waals surface area contributed by atoms with Crippen LogP contribution in [0, 0.1) is 5.92 Å². The summed E-state index contributed by atoms with van der Waals surface area (Å²) in [4.78, 5) is 17.8. The van der Waals surface area contributed by atoms with E-state index in [1.807, 2.05) is 42.7 Å². The molecule has 0 bridgehead atoms. The van der Waals surface area contributed by atoms with Crippen molar-refractivity contribution in [2.75, 3.05) is 11.5 Å². The van der Waals surface area contributed by atoms with Gasteiger partial charge in [0.25, 0.3) is 5.91 Å². The number of amides is 1. The summed E-state index contributed by atoms with van der Waals surface area (Å²) in [6, 6.07) is 9.43. The molecular weight excluding hydrogens is 420 g/mol. The number of nitrogens with zero attached hydrogens (tertiary/aromatic N) is 2. The maximum absolute atomic E-state index is 11.7. The van der Waals surface area contributed by atoms with Crippen LogP contribution in [0.5, 0.6) is 5.75 Å². The highest BCUT2D eigenvalue weighted by Gasteiger charge is 2.27. The number of ether oxygens (including phenoxy) is 1. The van der Waals surface area contributed by atoms with Gasteiger partial charge in [0.2, 0.25) is 0 Å². The molecule has 160 valence electrons. The summed E-state index contributed by atoms with van der Waals surface area (Å²) in [5.74, 6) is 1.32. The van der Waals surface area contributed by atoms with Crippen LogP contribution < -0.4 is 21.1 Å². The van der Waals surface area contributed by atoms with Crippen molar-refractivity contribution in [3.8, 4) is 16.9 Å². The predicted molar refractivity (Wildman–Crippen MR) is 124 cm³/mol. The second-order valence-corrected chi connectivity index (χ2v) is 9.57. The molecule has 2 heterocycles. The Balaban J connectivity index is 1.77. The topological polar surface area (TPSA) is 94.5 Å². The summed E-state index contributed by atoms with van der Waals surface area (Å²) in [7, 11) is 0. The maximum Gasteiger partial charge on any atom is 0.251 e. The highest BCUT2D eigenvalue weighted by molar-refractivity contribution is 8.03. The van der Waals surface area contributed by atoms with E-state index in [4.69, 9.17) is 27.8 Å². The Morgan fingerprint density at radius 3 is 2.73 bits per heavy atom. The van der Waals surface area contributed by atoms with Crippen molar-refractivity contribution in [2.45, 2.75) is 38.1 Å². The van der Waals surface area contributed by atoms with E-state index in [0.717, 1.165) is 17.5 Å². The van der Waals surface area contributed by atoms with Crippen molar-refractivity contribution in [3.05, 3.63) is 53.2 Å². The van der Waals surface area contributed by atoms with E-state index in [1.54, 1.807) is 17.3 Å². The zero-order chi connectivity index (χ0) is 21.9. The van der Waals surface area contributed by atoms with Crippen LogP contribution in [0.15, 0.2) is 48.1 Å². The van der Waals surface area contributed by atoms with Gasteiger partial charge in [-0.25, -0.2) is 4.98 Å². The fourth-order valence-electron chi connectivity index (χ4n) is 3.49. The summed E-state index contributed by atoms with van der Waals surface area (Å²) >= 11 is 7.83. The SMILES string of the molecule is CC(C)CC(C)(N)COc1ccc(-c2ccnc(N3C=CS[C@H]3C(N)=O)c2)cc1Cl. The molecule has 30 heavy (non-hydrogen) atoms. The molecule has 0 saturated heterocycles. The molecule has 2 aromatic rings. The number of carbonyl (C=O) groups is 1. The number of primary amides is 1.